The van der Waals surface area contributed by atoms with Crippen molar-refractivity contribution in [3.8, 4) is 0 Å². The third-order valence-corrected chi connectivity index (χ3v) is 5.64. The minimum atomic E-state index is -0.736. The number of carboxylic acids is 1. The van der Waals surface area contributed by atoms with Gasteiger partial charge in [0.25, 0.3) is 0 Å². The lowest BCUT2D eigenvalue weighted by atomic mass is 10.1. The van der Waals surface area contributed by atoms with E-state index in [4.69, 9.17) is 5.11 Å². The van der Waals surface area contributed by atoms with Crippen molar-refractivity contribution in [2.75, 3.05) is 0 Å². The molecular formula is C15H19NO3S. The zero-order valence-corrected chi connectivity index (χ0v) is 12.3. The summed E-state index contributed by atoms with van der Waals surface area (Å²) in [5.74, 6) is -0.433. The molecule has 0 spiro atoms. The maximum atomic E-state index is 12.2. The second kappa shape index (κ2) is 5.20. The highest BCUT2D eigenvalue weighted by Crippen LogP contribution is 2.50. The average molecular weight is 293 g/mol. The molecule has 1 amide bonds. The van der Waals surface area contributed by atoms with Crippen LogP contribution in [0.1, 0.15) is 42.0 Å². The number of aryl methyl sites for hydroxylation is 1. The Kier molecular flexibility index (Phi) is 3.54. The fourth-order valence-corrected chi connectivity index (χ4v) is 4.29. The fraction of sp³-hybridized carbons (Fsp3) is 0.600. The lowest BCUT2D eigenvalue weighted by molar-refractivity contribution is -0.141. The topological polar surface area (TPSA) is 66.4 Å². The van der Waals surface area contributed by atoms with Gasteiger partial charge in [0, 0.05) is 22.8 Å². The largest absolute Gasteiger partial charge is 0.481 e. The minimum Gasteiger partial charge on any atom is -0.481 e. The summed E-state index contributed by atoms with van der Waals surface area (Å²) in [5.41, 5.74) is 1.28. The van der Waals surface area contributed by atoms with Crippen LogP contribution in [0.5, 0.6) is 0 Å². The molecule has 108 valence electrons. The summed E-state index contributed by atoms with van der Waals surface area (Å²) in [6.07, 6.45) is 2.98. The summed E-state index contributed by atoms with van der Waals surface area (Å²) in [5, 5.41) is 14.1. The highest BCUT2D eigenvalue weighted by atomic mass is 32.1. The summed E-state index contributed by atoms with van der Waals surface area (Å²) in [4.78, 5) is 24.4. The van der Waals surface area contributed by atoms with Gasteiger partial charge in [-0.3, -0.25) is 9.59 Å². The van der Waals surface area contributed by atoms with Crippen molar-refractivity contribution >= 4 is 23.2 Å². The Labute approximate surface area is 122 Å². The average Bonchev–Trinajstić information content (AvgIpc) is 2.84. The molecular weight excluding hydrogens is 274 g/mol. The lowest BCUT2D eigenvalue weighted by Gasteiger charge is -2.12. The van der Waals surface area contributed by atoms with E-state index in [1.807, 2.05) is 0 Å². The second-order valence-electron chi connectivity index (χ2n) is 5.97. The standard InChI is InChI=1S/C15H19NO3S/c1-8-4-5-20-13(8)11-7-12(11)14(17)16-10-3-2-9(6-10)15(18)19/h4-5,9-12H,2-3,6-7H2,1H3,(H,16,17)(H,18,19)/t9-,10-,11-,12+/m1/s1. The molecule has 4 nitrogen and oxygen atoms in total. The molecule has 3 rings (SSSR count). The maximum absolute atomic E-state index is 12.2. The zero-order valence-electron chi connectivity index (χ0n) is 11.5. The minimum absolute atomic E-state index is 0.0503. The van der Waals surface area contributed by atoms with E-state index >= 15 is 0 Å². The normalized spacial score (nSPS) is 32.0. The van der Waals surface area contributed by atoms with Crippen molar-refractivity contribution in [1.82, 2.24) is 5.32 Å². The van der Waals surface area contributed by atoms with Gasteiger partial charge in [-0.05, 0) is 49.6 Å². The van der Waals surface area contributed by atoms with Gasteiger partial charge >= 0.3 is 5.97 Å². The molecule has 2 aliphatic carbocycles. The van der Waals surface area contributed by atoms with Crippen LogP contribution in [0.25, 0.3) is 0 Å². The first kappa shape index (κ1) is 13.6. The van der Waals surface area contributed by atoms with Crippen molar-refractivity contribution < 1.29 is 14.7 Å². The molecule has 0 bridgehead atoms. The Morgan fingerprint density at radius 2 is 2.15 bits per heavy atom. The molecule has 5 heteroatoms. The smallest absolute Gasteiger partial charge is 0.306 e. The maximum Gasteiger partial charge on any atom is 0.306 e. The van der Waals surface area contributed by atoms with Crippen LogP contribution in [-0.2, 0) is 9.59 Å². The van der Waals surface area contributed by atoms with Crippen LogP contribution in [0.4, 0.5) is 0 Å². The predicted molar refractivity (Wildman–Crippen MR) is 76.8 cm³/mol. The Bertz CT molecular complexity index is 539. The van der Waals surface area contributed by atoms with E-state index in [0.717, 1.165) is 12.8 Å². The summed E-state index contributed by atoms with van der Waals surface area (Å²) in [7, 11) is 0. The van der Waals surface area contributed by atoms with Gasteiger partial charge in [-0.25, -0.2) is 0 Å². The van der Waals surface area contributed by atoms with Gasteiger partial charge in [0.05, 0.1) is 5.92 Å². The van der Waals surface area contributed by atoms with Gasteiger partial charge in [-0.15, -0.1) is 11.3 Å². The van der Waals surface area contributed by atoms with E-state index in [2.05, 4.69) is 23.7 Å². The first-order valence-electron chi connectivity index (χ1n) is 7.13. The number of thiophene rings is 1. The second-order valence-corrected chi connectivity index (χ2v) is 6.92. The van der Waals surface area contributed by atoms with Crippen LogP contribution in [0.3, 0.4) is 0 Å². The van der Waals surface area contributed by atoms with Crippen molar-refractivity contribution in [2.24, 2.45) is 11.8 Å². The van der Waals surface area contributed by atoms with E-state index in [1.54, 1.807) is 11.3 Å². The number of carbonyl (C=O) groups excluding carboxylic acids is 1. The molecule has 2 aliphatic rings. The van der Waals surface area contributed by atoms with Gasteiger partial charge in [-0.2, -0.15) is 0 Å². The van der Waals surface area contributed by atoms with Crippen molar-refractivity contribution in [2.45, 2.75) is 44.6 Å². The molecule has 1 aromatic heterocycles. The van der Waals surface area contributed by atoms with Crippen LogP contribution >= 0.6 is 11.3 Å². The first-order chi connectivity index (χ1) is 9.56. The SMILES string of the molecule is Cc1ccsc1[C@@H]1C[C@@H]1C(=O)N[C@@H]1CC[C@@H](C(=O)O)C1. The number of carbonyl (C=O) groups is 2. The molecule has 2 saturated carbocycles. The molecule has 1 aromatic rings. The molecule has 2 fully saturated rings. The quantitative estimate of drug-likeness (QED) is 0.896. The molecule has 0 saturated heterocycles. The monoisotopic (exact) mass is 293 g/mol. The van der Waals surface area contributed by atoms with E-state index in [-0.39, 0.29) is 23.8 Å². The molecule has 1 heterocycles. The Hall–Kier alpha value is -1.36. The predicted octanol–water partition coefficient (Wildman–Crippen LogP) is 2.53. The molecule has 20 heavy (non-hydrogen) atoms. The van der Waals surface area contributed by atoms with E-state index < -0.39 is 5.97 Å². The fourth-order valence-electron chi connectivity index (χ4n) is 3.18. The van der Waals surface area contributed by atoms with Crippen molar-refractivity contribution in [3.05, 3.63) is 21.9 Å². The van der Waals surface area contributed by atoms with Crippen LogP contribution in [-0.4, -0.2) is 23.0 Å². The molecule has 2 N–H and O–H groups in total. The van der Waals surface area contributed by atoms with Crippen LogP contribution in [0.2, 0.25) is 0 Å². The molecule has 0 radical (unpaired) electrons. The van der Waals surface area contributed by atoms with Crippen LogP contribution < -0.4 is 5.32 Å². The summed E-state index contributed by atoms with van der Waals surface area (Å²) in [6.45, 7) is 2.09. The van der Waals surface area contributed by atoms with Crippen molar-refractivity contribution in [1.29, 1.82) is 0 Å². The summed E-state index contributed by atoms with van der Waals surface area (Å²) in [6, 6.07) is 2.15. The van der Waals surface area contributed by atoms with Gasteiger partial charge in [0.2, 0.25) is 5.91 Å². The van der Waals surface area contributed by atoms with Crippen molar-refractivity contribution in [3.63, 3.8) is 0 Å². The van der Waals surface area contributed by atoms with Crippen LogP contribution in [0, 0.1) is 18.8 Å². The van der Waals surface area contributed by atoms with Crippen LogP contribution in [0.15, 0.2) is 11.4 Å². The van der Waals surface area contributed by atoms with E-state index in [0.29, 0.717) is 18.8 Å². The van der Waals surface area contributed by atoms with Gasteiger partial charge in [0.1, 0.15) is 0 Å². The van der Waals surface area contributed by atoms with Gasteiger partial charge < -0.3 is 10.4 Å². The molecule has 0 aromatic carbocycles. The Morgan fingerprint density at radius 1 is 1.35 bits per heavy atom. The Morgan fingerprint density at radius 3 is 2.75 bits per heavy atom. The number of hydrogen-bond acceptors (Lipinski definition) is 3. The zero-order chi connectivity index (χ0) is 14.3. The summed E-state index contributed by atoms with van der Waals surface area (Å²) < 4.78 is 0. The number of amides is 1. The highest BCUT2D eigenvalue weighted by molar-refractivity contribution is 7.10. The molecule has 0 unspecified atom stereocenters. The number of carboxylic acid groups (broad SMARTS) is 1. The number of hydrogen-bond donors (Lipinski definition) is 2. The van der Waals surface area contributed by atoms with Gasteiger partial charge in [0.15, 0.2) is 0 Å². The van der Waals surface area contributed by atoms with Gasteiger partial charge in [-0.1, -0.05) is 0 Å². The molecule has 0 aliphatic heterocycles. The number of nitrogens with one attached hydrogen (secondary N) is 1. The lowest BCUT2D eigenvalue weighted by Crippen LogP contribution is -2.34. The first-order valence-corrected chi connectivity index (χ1v) is 8.01. The summed E-state index contributed by atoms with van der Waals surface area (Å²) >= 11 is 1.73. The third kappa shape index (κ3) is 2.59. The van der Waals surface area contributed by atoms with E-state index in [1.165, 1.54) is 10.4 Å². The number of aliphatic carboxylic acids is 1. The highest BCUT2D eigenvalue weighted by Gasteiger charge is 2.46. The third-order valence-electron chi connectivity index (χ3n) is 4.49. The Balaban J connectivity index is 1.52. The molecule has 4 atom stereocenters. The van der Waals surface area contributed by atoms with E-state index in [9.17, 15) is 9.59 Å². The number of rotatable bonds is 4.